The largest absolute Gasteiger partial charge is 0.445 e. The van der Waals surface area contributed by atoms with Gasteiger partial charge in [0.15, 0.2) is 12.1 Å². The predicted octanol–water partition coefficient (Wildman–Crippen LogP) is 0.511. The second-order valence-electron chi connectivity index (χ2n) is 6.55. The van der Waals surface area contributed by atoms with Crippen LogP contribution in [-0.4, -0.2) is 59.3 Å². The predicted molar refractivity (Wildman–Crippen MR) is 85.3 cm³/mol. The third-order valence-electron chi connectivity index (χ3n) is 4.15. The van der Waals surface area contributed by atoms with Crippen LogP contribution in [0.25, 0.3) is 0 Å². The second kappa shape index (κ2) is 7.27. The molecule has 8 heteroatoms. The summed E-state index contributed by atoms with van der Waals surface area (Å²) in [6.45, 7) is 3.07. The zero-order valence-electron chi connectivity index (χ0n) is 14.1. The Morgan fingerprint density at radius 2 is 2.04 bits per heavy atom. The van der Waals surface area contributed by atoms with Crippen molar-refractivity contribution in [3.05, 3.63) is 35.9 Å². The van der Waals surface area contributed by atoms with Crippen LogP contribution >= 0.6 is 0 Å². The summed E-state index contributed by atoms with van der Waals surface area (Å²) in [6, 6.07) is 8.56. The zero-order valence-corrected chi connectivity index (χ0v) is 14.1. The number of rotatable bonds is 5. The topological polar surface area (TPSA) is 106 Å². The monoisotopic (exact) mass is 353 g/mol. The van der Waals surface area contributed by atoms with E-state index in [-0.39, 0.29) is 6.61 Å². The molecule has 1 aromatic carbocycles. The molecule has 1 amide bonds. The fourth-order valence-electron chi connectivity index (χ4n) is 3.03. The van der Waals surface area contributed by atoms with Crippen molar-refractivity contribution in [1.29, 1.82) is 0 Å². The molecular weight excluding hydrogens is 330 g/mol. The fraction of sp³-hybridized carbons (Fsp3) is 0.588. The van der Waals surface area contributed by atoms with Gasteiger partial charge in [0.2, 0.25) is 0 Å². The summed E-state index contributed by atoms with van der Waals surface area (Å²) in [5, 5.41) is 21.8. The molecule has 8 nitrogen and oxygen atoms in total. The molecule has 1 aromatic rings. The van der Waals surface area contributed by atoms with Gasteiger partial charge in [0, 0.05) is 0 Å². The highest BCUT2D eigenvalue weighted by atomic mass is 16.8. The molecule has 2 fully saturated rings. The van der Waals surface area contributed by atoms with Crippen LogP contribution in [0.4, 0.5) is 4.79 Å². The lowest BCUT2D eigenvalue weighted by Crippen LogP contribution is -2.52. The van der Waals surface area contributed by atoms with Crippen molar-refractivity contribution in [3.8, 4) is 0 Å². The number of fused-ring (bicyclic) bond motifs is 1. The van der Waals surface area contributed by atoms with Gasteiger partial charge in [0.25, 0.3) is 0 Å². The Bertz CT molecular complexity index is 594. The first kappa shape index (κ1) is 18.1. The zero-order chi connectivity index (χ0) is 18.0. The fourth-order valence-corrected chi connectivity index (χ4v) is 3.03. The molecule has 2 aliphatic heterocycles. The first-order chi connectivity index (χ1) is 11.9. The number of ether oxygens (including phenoxy) is 4. The molecule has 0 radical (unpaired) electrons. The van der Waals surface area contributed by atoms with Crippen LogP contribution in [-0.2, 0) is 25.6 Å². The van der Waals surface area contributed by atoms with E-state index in [2.05, 4.69) is 5.32 Å². The number of hydrogen-bond acceptors (Lipinski definition) is 7. The number of benzene rings is 1. The number of aliphatic hydroxyl groups excluding tert-OH is 2. The maximum Gasteiger partial charge on any atom is 0.407 e. The van der Waals surface area contributed by atoms with E-state index in [0.717, 1.165) is 5.56 Å². The molecular formula is C17H23NO7. The van der Waals surface area contributed by atoms with Gasteiger partial charge in [-0.3, -0.25) is 0 Å². The Hall–Kier alpha value is -1.71. The summed E-state index contributed by atoms with van der Waals surface area (Å²) in [5.74, 6) is -0.863. The van der Waals surface area contributed by atoms with Crippen LogP contribution in [0.5, 0.6) is 0 Å². The van der Waals surface area contributed by atoms with Crippen molar-refractivity contribution in [2.75, 3.05) is 6.61 Å². The Morgan fingerprint density at radius 3 is 2.72 bits per heavy atom. The summed E-state index contributed by atoms with van der Waals surface area (Å²) in [5.41, 5.74) is 0.853. The van der Waals surface area contributed by atoms with E-state index >= 15 is 0 Å². The average molecular weight is 353 g/mol. The number of carbonyl (C=O) groups excluding carboxylic acids is 1. The number of nitrogens with one attached hydrogen (secondary N) is 1. The maximum atomic E-state index is 12.1. The van der Waals surface area contributed by atoms with Crippen LogP contribution in [0.15, 0.2) is 30.3 Å². The van der Waals surface area contributed by atoms with Gasteiger partial charge in [-0.25, -0.2) is 4.79 Å². The van der Waals surface area contributed by atoms with Crippen molar-refractivity contribution in [2.24, 2.45) is 0 Å². The van der Waals surface area contributed by atoms with Gasteiger partial charge in [0.05, 0.1) is 12.6 Å². The standard InChI is InChI=1S/C17H23NO7/c1-17(2)24-14-12(13(11(20)8-19)23-15(14)25-17)18-16(21)22-9-10-6-4-3-5-7-10/h3-7,11-15,19-20H,8-9H2,1-2H3,(H,18,21)/t11-,12+,13-,14-,15-/m1/s1. The van der Waals surface area contributed by atoms with E-state index in [1.165, 1.54) is 0 Å². The van der Waals surface area contributed by atoms with Crippen molar-refractivity contribution in [3.63, 3.8) is 0 Å². The van der Waals surface area contributed by atoms with E-state index in [1.807, 2.05) is 30.3 Å². The minimum absolute atomic E-state index is 0.115. The van der Waals surface area contributed by atoms with Crippen LogP contribution in [0, 0.1) is 0 Å². The molecule has 2 saturated heterocycles. The molecule has 2 heterocycles. The summed E-state index contributed by atoms with van der Waals surface area (Å²) in [7, 11) is 0. The molecule has 0 aromatic heterocycles. The first-order valence-corrected chi connectivity index (χ1v) is 8.17. The van der Waals surface area contributed by atoms with Gasteiger partial charge < -0.3 is 34.5 Å². The third kappa shape index (κ3) is 4.10. The Morgan fingerprint density at radius 1 is 1.32 bits per heavy atom. The molecule has 0 saturated carbocycles. The van der Waals surface area contributed by atoms with Gasteiger partial charge in [-0.15, -0.1) is 0 Å². The summed E-state index contributed by atoms with van der Waals surface area (Å²) < 4.78 is 22.2. The summed E-state index contributed by atoms with van der Waals surface area (Å²) >= 11 is 0. The van der Waals surface area contributed by atoms with Crippen molar-refractivity contribution in [2.45, 2.75) is 56.9 Å². The highest BCUT2D eigenvalue weighted by Gasteiger charge is 2.56. The van der Waals surface area contributed by atoms with Crippen LogP contribution in [0.3, 0.4) is 0 Å². The SMILES string of the molecule is CC1(C)O[C@H]2O[C@H]([C@H](O)CO)[C@H](NC(=O)OCc3ccccc3)[C@H]2O1. The Kier molecular flexibility index (Phi) is 5.26. The quantitative estimate of drug-likeness (QED) is 0.708. The smallest absolute Gasteiger partial charge is 0.407 e. The normalized spacial score (nSPS) is 31.4. The Balaban J connectivity index is 1.63. The molecule has 0 unspecified atom stereocenters. The van der Waals surface area contributed by atoms with E-state index in [4.69, 9.17) is 18.9 Å². The number of aliphatic hydroxyl groups is 2. The maximum absolute atomic E-state index is 12.1. The Labute approximate surface area is 145 Å². The lowest BCUT2D eigenvalue weighted by atomic mass is 10.0. The molecule has 0 spiro atoms. The van der Waals surface area contributed by atoms with Crippen molar-refractivity contribution < 1.29 is 34.0 Å². The van der Waals surface area contributed by atoms with Crippen molar-refractivity contribution in [1.82, 2.24) is 5.32 Å². The van der Waals surface area contributed by atoms with Crippen molar-refractivity contribution >= 4 is 6.09 Å². The number of carbonyl (C=O) groups is 1. The summed E-state index contributed by atoms with van der Waals surface area (Å²) in [6.07, 6.45) is -4.05. The molecule has 0 aliphatic carbocycles. The molecule has 0 bridgehead atoms. The molecule has 25 heavy (non-hydrogen) atoms. The highest BCUT2D eigenvalue weighted by Crippen LogP contribution is 2.38. The van der Waals surface area contributed by atoms with E-state index in [9.17, 15) is 15.0 Å². The minimum atomic E-state index is -1.18. The molecule has 2 aliphatic rings. The number of alkyl carbamates (subject to hydrolysis) is 1. The minimum Gasteiger partial charge on any atom is -0.445 e. The number of amides is 1. The van der Waals surface area contributed by atoms with E-state index < -0.39 is 49.1 Å². The lowest BCUT2D eigenvalue weighted by Gasteiger charge is -2.28. The molecule has 3 N–H and O–H groups in total. The molecule has 138 valence electrons. The van der Waals surface area contributed by atoms with E-state index in [0.29, 0.717) is 0 Å². The van der Waals surface area contributed by atoms with Crippen LogP contribution in [0.1, 0.15) is 19.4 Å². The van der Waals surface area contributed by atoms with Gasteiger partial charge in [0.1, 0.15) is 24.9 Å². The van der Waals surface area contributed by atoms with E-state index in [1.54, 1.807) is 13.8 Å². The lowest BCUT2D eigenvalue weighted by molar-refractivity contribution is -0.218. The van der Waals surface area contributed by atoms with Gasteiger partial charge in [-0.1, -0.05) is 30.3 Å². The van der Waals surface area contributed by atoms with Crippen LogP contribution in [0.2, 0.25) is 0 Å². The number of hydrogen-bond donors (Lipinski definition) is 3. The van der Waals surface area contributed by atoms with Gasteiger partial charge in [-0.05, 0) is 19.4 Å². The average Bonchev–Trinajstić information content (AvgIpc) is 3.06. The van der Waals surface area contributed by atoms with Gasteiger partial charge in [-0.2, -0.15) is 0 Å². The molecule has 5 atom stereocenters. The first-order valence-electron chi connectivity index (χ1n) is 8.17. The molecule has 3 rings (SSSR count). The highest BCUT2D eigenvalue weighted by molar-refractivity contribution is 5.68. The van der Waals surface area contributed by atoms with Gasteiger partial charge >= 0.3 is 6.09 Å². The second-order valence-corrected chi connectivity index (χ2v) is 6.55. The van der Waals surface area contributed by atoms with Crippen LogP contribution < -0.4 is 5.32 Å². The summed E-state index contributed by atoms with van der Waals surface area (Å²) in [4.78, 5) is 12.1. The third-order valence-corrected chi connectivity index (χ3v) is 4.15.